The predicted octanol–water partition coefficient (Wildman–Crippen LogP) is 2.67. The summed E-state index contributed by atoms with van der Waals surface area (Å²) in [4.78, 5) is 11.4. The molecule has 0 atom stereocenters. The Hall–Kier alpha value is -1.07. The summed E-state index contributed by atoms with van der Waals surface area (Å²) in [6, 6.07) is 6.23. The molecule has 0 fully saturated rings. The summed E-state index contributed by atoms with van der Waals surface area (Å²) in [6.07, 6.45) is -4.32. The van der Waals surface area contributed by atoms with Gasteiger partial charge in [0, 0.05) is 5.56 Å². The molecule has 6 heteroatoms. The summed E-state index contributed by atoms with van der Waals surface area (Å²) in [5.41, 5.74) is 0.221. The minimum absolute atomic E-state index is 0.221. The van der Waals surface area contributed by atoms with Crippen molar-refractivity contribution < 1.29 is 18.0 Å². The maximum atomic E-state index is 11.8. The highest BCUT2D eigenvalue weighted by molar-refractivity contribution is 6.34. The lowest BCUT2D eigenvalue weighted by atomic mass is 10.1. The SMILES string of the molecule is O=C(CNCC(F)(F)F)c1ccccc1Cl. The van der Waals surface area contributed by atoms with Gasteiger partial charge in [0.05, 0.1) is 18.1 Å². The van der Waals surface area contributed by atoms with Gasteiger partial charge in [0.1, 0.15) is 0 Å². The van der Waals surface area contributed by atoms with Gasteiger partial charge >= 0.3 is 6.18 Å². The molecule has 0 saturated carbocycles. The molecule has 1 aromatic carbocycles. The molecule has 0 heterocycles. The van der Waals surface area contributed by atoms with Crippen LogP contribution in [0, 0.1) is 0 Å². The van der Waals surface area contributed by atoms with E-state index in [1.807, 2.05) is 5.32 Å². The van der Waals surface area contributed by atoms with Gasteiger partial charge < -0.3 is 5.32 Å². The Labute approximate surface area is 95.4 Å². The number of nitrogens with one attached hydrogen (secondary N) is 1. The van der Waals surface area contributed by atoms with Crippen LogP contribution in [-0.2, 0) is 0 Å². The molecule has 0 saturated heterocycles. The Morgan fingerprint density at radius 2 is 1.94 bits per heavy atom. The first-order valence-corrected chi connectivity index (χ1v) is 4.83. The molecule has 1 N–H and O–H groups in total. The third kappa shape index (κ3) is 4.20. The second-order valence-electron chi connectivity index (χ2n) is 3.12. The van der Waals surface area contributed by atoms with Crippen molar-refractivity contribution in [2.24, 2.45) is 0 Å². The first-order valence-electron chi connectivity index (χ1n) is 4.45. The zero-order chi connectivity index (χ0) is 12.2. The van der Waals surface area contributed by atoms with Crippen molar-refractivity contribution in [3.8, 4) is 0 Å². The number of Topliss-reactive ketones (excluding diaryl/α,β-unsaturated/α-hetero) is 1. The Kier molecular flexibility index (Phi) is 4.32. The van der Waals surface area contributed by atoms with Gasteiger partial charge in [-0.25, -0.2) is 0 Å². The summed E-state index contributed by atoms with van der Waals surface area (Å²) in [5, 5.41) is 2.25. The maximum Gasteiger partial charge on any atom is 0.401 e. The normalized spacial score (nSPS) is 11.5. The number of hydrogen-bond donors (Lipinski definition) is 1. The van der Waals surface area contributed by atoms with E-state index in [1.165, 1.54) is 12.1 Å². The van der Waals surface area contributed by atoms with Crippen molar-refractivity contribution in [1.29, 1.82) is 0 Å². The lowest BCUT2D eigenvalue weighted by molar-refractivity contribution is -0.124. The fraction of sp³-hybridized carbons (Fsp3) is 0.300. The third-order valence-electron chi connectivity index (χ3n) is 1.79. The molecule has 2 nitrogen and oxygen atoms in total. The van der Waals surface area contributed by atoms with E-state index in [1.54, 1.807) is 12.1 Å². The maximum absolute atomic E-state index is 11.8. The molecule has 1 rings (SSSR count). The van der Waals surface area contributed by atoms with Crippen LogP contribution < -0.4 is 5.32 Å². The zero-order valence-corrected chi connectivity index (χ0v) is 8.90. The van der Waals surface area contributed by atoms with E-state index in [-0.39, 0.29) is 17.1 Å². The highest BCUT2D eigenvalue weighted by Gasteiger charge is 2.26. The van der Waals surface area contributed by atoms with Gasteiger partial charge in [-0.05, 0) is 12.1 Å². The summed E-state index contributed by atoms with van der Waals surface area (Å²) in [6.45, 7) is -1.58. The second kappa shape index (κ2) is 5.32. The summed E-state index contributed by atoms with van der Waals surface area (Å²) < 4.78 is 35.4. The van der Waals surface area contributed by atoms with Crippen LogP contribution in [0.15, 0.2) is 24.3 Å². The van der Waals surface area contributed by atoms with Gasteiger partial charge in [0.15, 0.2) is 5.78 Å². The van der Waals surface area contributed by atoms with Crippen molar-refractivity contribution >= 4 is 17.4 Å². The molecule has 1 aromatic rings. The zero-order valence-electron chi connectivity index (χ0n) is 8.14. The van der Waals surface area contributed by atoms with Crippen LogP contribution in [0.3, 0.4) is 0 Å². The number of alkyl halides is 3. The number of rotatable bonds is 4. The van der Waals surface area contributed by atoms with Crippen LogP contribution in [-0.4, -0.2) is 25.0 Å². The average Bonchev–Trinajstić information content (AvgIpc) is 2.16. The Bertz CT molecular complexity index is 379. The summed E-state index contributed by atoms with van der Waals surface area (Å²) in [5.74, 6) is -0.463. The second-order valence-corrected chi connectivity index (χ2v) is 3.53. The molecule has 0 unspecified atom stereocenters. The highest BCUT2D eigenvalue weighted by Crippen LogP contribution is 2.15. The Morgan fingerprint density at radius 3 is 2.50 bits per heavy atom. The van der Waals surface area contributed by atoms with Crippen LogP contribution in [0.25, 0.3) is 0 Å². The molecule has 16 heavy (non-hydrogen) atoms. The molecule has 0 amide bonds. The number of carbonyl (C=O) groups excluding carboxylic acids is 1. The van der Waals surface area contributed by atoms with E-state index in [0.717, 1.165) is 0 Å². The molecule has 88 valence electrons. The summed E-state index contributed by atoms with van der Waals surface area (Å²) >= 11 is 5.72. The van der Waals surface area contributed by atoms with Crippen molar-refractivity contribution in [3.63, 3.8) is 0 Å². The number of benzene rings is 1. The standard InChI is InChI=1S/C10H9ClF3NO/c11-8-4-2-1-3-7(8)9(16)5-15-6-10(12,13)14/h1-4,15H,5-6H2. The lowest BCUT2D eigenvalue weighted by Gasteiger charge is -2.08. The number of carbonyl (C=O) groups is 1. The number of halogens is 4. The van der Waals surface area contributed by atoms with Crippen LogP contribution in [0.5, 0.6) is 0 Å². The molecule has 0 aromatic heterocycles. The molecule has 0 aliphatic rings. The Morgan fingerprint density at radius 1 is 1.31 bits per heavy atom. The van der Waals surface area contributed by atoms with Gasteiger partial charge in [0.2, 0.25) is 0 Å². The monoisotopic (exact) mass is 251 g/mol. The molecule has 0 radical (unpaired) electrons. The average molecular weight is 252 g/mol. The quantitative estimate of drug-likeness (QED) is 0.834. The van der Waals surface area contributed by atoms with E-state index in [0.29, 0.717) is 0 Å². The molecule has 0 aliphatic heterocycles. The largest absolute Gasteiger partial charge is 0.401 e. The van der Waals surface area contributed by atoms with Crippen LogP contribution >= 0.6 is 11.6 Å². The smallest absolute Gasteiger partial charge is 0.302 e. The van der Waals surface area contributed by atoms with Crippen LogP contribution in [0.4, 0.5) is 13.2 Å². The van der Waals surface area contributed by atoms with E-state index >= 15 is 0 Å². The molecular formula is C10H9ClF3NO. The molecular weight excluding hydrogens is 243 g/mol. The fourth-order valence-electron chi connectivity index (χ4n) is 1.10. The van der Waals surface area contributed by atoms with Crippen molar-refractivity contribution in [2.45, 2.75) is 6.18 Å². The van der Waals surface area contributed by atoms with Crippen LogP contribution in [0.1, 0.15) is 10.4 Å². The van der Waals surface area contributed by atoms with Crippen molar-refractivity contribution in [2.75, 3.05) is 13.1 Å². The van der Waals surface area contributed by atoms with E-state index < -0.39 is 18.5 Å². The van der Waals surface area contributed by atoms with E-state index in [2.05, 4.69) is 0 Å². The Balaban J connectivity index is 2.51. The first kappa shape index (κ1) is 13.0. The minimum Gasteiger partial charge on any atom is -0.302 e. The van der Waals surface area contributed by atoms with Gasteiger partial charge in [-0.15, -0.1) is 0 Å². The summed E-state index contributed by atoms with van der Waals surface area (Å²) in [7, 11) is 0. The van der Waals surface area contributed by atoms with Crippen LogP contribution in [0.2, 0.25) is 5.02 Å². The van der Waals surface area contributed by atoms with Gasteiger partial charge in [0.25, 0.3) is 0 Å². The van der Waals surface area contributed by atoms with E-state index in [9.17, 15) is 18.0 Å². The third-order valence-corrected chi connectivity index (χ3v) is 2.11. The van der Waals surface area contributed by atoms with E-state index in [4.69, 9.17) is 11.6 Å². The molecule has 0 spiro atoms. The van der Waals surface area contributed by atoms with Crippen molar-refractivity contribution in [1.82, 2.24) is 5.32 Å². The predicted molar refractivity (Wildman–Crippen MR) is 54.7 cm³/mol. The van der Waals surface area contributed by atoms with Gasteiger partial charge in [-0.2, -0.15) is 13.2 Å². The van der Waals surface area contributed by atoms with Gasteiger partial charge in [-0.1, -0.05) is 23.7 Å². The fourth-order valence-corrected chi connectivity index (χ4v) is 1.34. The number of ketones is 1. The van der Waals surface area contributed by atoms with Crippen molar-refractivity contribution in [3.05, 3.63) is 34.9 Å². The highest BCUT2D eigenvalue weighted by atomic mass is 35.5. The first-order chi connectivity index (χ1) is 7.40. The minimum atomic E-state index is -4.32. The topological polar surface area (TPSA) is 29.1 Å². The molecule has 0 aliphatic carbocycles. The number of hydrogen-bond acceptors (Lipinski definition) is 2. The lowest BCUT2D eigenvalue weighted by Crippen LogP contribution is -2.32. The van der Waals surface area contributed by atoms with Gasteiger partial charge in [-0.3, -0.25) is 4.79 Å². The molecule has 0 bridgehead atoms.